The quantitative estimate of drug-likeness (QED) is 0.382. The highest BCUT2D eigenvalue weighted by Gasteiger charge is 2.18. The Bertz CT molecular complexity index is 1250. The average molecular weight is 454 g/mol. The zero-order valence-corrected chi connectivity index (χ0v) is 18.2. The molecule has 1 aliphatic rings. The molecule has 0 amide bonds. The van der Waals surface area contributed by atoms with Gasteiger partial charge in [0.1, 0.15) is 17.4 Å². The molecule has 0 unspecified atom stereocenters. The monoisotopic (exact) mass is 453 g/mol. The highest BCUT2D eigenvalue weighted by atomic mass is 35.5. The van der Waals surface area contributed by atoms with Crippen molar-refractivity contribution >= 4 is 40.2 Å². The first-order chi connectivity index (χ1) is 15.1. The van der Waals surface area contributed by atoms with Gasteiger partial charge < -0.3 is 10.4 Å². The standard InChI is InChI=1S/C23H21Cl2N5O/c24-17-8-6-14(12-18(17)25)22-28-19-13-16(31)7-9-20(19)30(22)21-10-11-26-23(29-21)27-15-4-2-1-3-5-15/h6-13,15,31H,1-5H2,(H,26,27,29). The normalized spacial score (nSPS) is 14.8. The van der Waals surface area contributed by atoms with Gasteiger partial charge in [-0.1, -0.05) is 42.5 Å². The van der Waals surface area contributed by atoms with Crippen molar-refractivity contribution in [3.63, 3.8) is 0 Å². The van der Waals surface area contributed by atoms with E-state index in [-0.39, 0.29) is 5.75 Å². The molecule has 2 aromatic heterocycles. The van der Waals surface area contributed by atoms with Crippen LogP contribution in [-0.4, -0.2) is 30.7 Å². The Morgan fingerprint density at radius 2 is 1.77 bits per heavy atom. The minimum Gasteiger partial charge on any atom is -0.508 e. The number of benzene rings is 2. The van der Waals surface area contributed by atoms with Crippen molar-refractivity contribution in [1.82, 2.24) is 19.5 Å². The van der Waals surface area contributed by atoms with Gasteiger partial charge >= 0.3 is 0 Å². The first kappa shape index (κ1) is 20.1. The van der Waals surface area contributed by atoms with Crippen molar-refractivity contribution < 1.29 is 5.11 Å². The molecular formula is C23H21Cl2N5O. The van der Waals surface area contributed by atoms with E-state index in [0.717, 1.165) is 23.9 Å². The number of imidazole rings is 1. The van der Waals surface area contributed by atoms with E-state index in [0.29, 0.717) is 39.2 Å². The maximum absolute atomic E-state index is 9.95. The van der Waals surface area contributed by atoms with E-state index < -0.39 is 0 Å². The molecule has 0 bridgehead atoms. The Morgan fingerprint density at radius 3 is 2.58 bits per heavy atom. The number of nitrogens with one attached hydrogen (secondary N) is 1. The second-order valence-electron chi connectivity index (χ2n) is 7.79. The molecule has 0 saturated heterocycles. The Labute approximate surface area is 189 Å². The summed E-state index contributed by atoms with van der Waals surface area (Å²) < 4.78 is 1.95. The Hall–Kier alpha value is -2.83. The van der Waals surface area contributed by atoms with Gasteiger partial charge in [-0.3, -0.25) is 4.57 Å². The summed E-state index contributed by atoms with van der Waals surface area (Å²) in [5.74, 6) is 2.09. The van der Waals surface area contributed by atoms with Gasteiger partial charge in [0.15, 0.2) is 0 Å². The summed E-state index contributed by atoms with van der Waals surface area (Å²) in [5, 5.41) is 14.4. The summed E-state index contributed by atoms with van der Waals surface area (Å²) in [5.41, 5.74) is 2.27. The molecule has 2 N–H and O–H groups in total. The summed E-state index contributed by atoms with van der Waals surface area (Å²) >= 11 is 12.4. The highest BCUT2D eigenvalue weighted by Crippen LogP contribution is 2.33. The number of nitrogens with zero attached hydrogens (tertiary/aromatic N) is 4. The van der Waals surface area contributed by atoms with Gasteiger partial charge in [-0.15, -0.1) is 0 Å². The van der Waals surface area contributed by atoms with Gasteiger partial charge in [-0.2, -0.15) is 4.98 Å². The summed E-state index contributed by atoms with van der Waals surface area (Å²) in [6.07, 6.45) is 7.77. The van der Waals surface area contributed by atoms with Gasteiger partial charge in [-0.05, 0) is 49.2 Å². The predicted octanol–water partition coefficient (Wildman–Crippen LogP) is 6.24. The van der Waals surface area contributed by atoms with Crippen molar-refractivity contribution in [2.75, 3.05) is 5.32 Å². The lowest BCUT2D eigenvalue weighted by molar-refractivity contribution is 0.461. The maximum Gasteiger partial charge on any atom is 0.224 e. The molecular weight excluding hydrogens is 433 g/mol. The third-order valence-electron chi connectivity index (χ3n) is 5.62. The zero-order chi connectivity index (χ0) is 21.4. The van der Waals surface area contributed by atoms with Crippen LogP contribution >= 0.6 is 23.2 Å². The Kier molecular flexibility index (Phi) is 5.42. The van der Waals surface area contributed by atoms with Crippen molar-refractivity contribution in [1.29, 1.82) is 0 Å². The molecule has 31 heavy (non-hydrogen) atoms. The fourth-order valence-corrected chi connectivity index (χ4v) is 4.40. The van der Waals surface area contributed by atoms with E-state index in [1.165, 1.54) is 19.3 Å². The number of halogens is 2. The number of rotatable bonds is 4. The molecule has 1 fully saturated rings. The lowest BCUT2D eigenvalue weighted by Gasteiger charge is -2.22. The molecule has 0 radical (unpaired) electrons. The van der Waals surface area contributed by atoms with Gasteiger partial charge in [-0.25, -0.2) is 9.97 Å². The molecule has 2 aromatic carbocycles. The van der Waals surface area contributed by atoms with Crippen LogP contribution < -0.4 is 5.32 Å². The van der Waals surface area contributed by atoms with Crippen LogP contribution in [0.4, 0.5) is 5.95 Å². The topological polar surface area (TPSA) is 75.9 Å². The Balaban J connectivity index is 1.63. The molecule has 2 heterocycles. The number of aromatic nitrogens is 4. The second-order valence-corrected chi connectivity index (χ2v) is 8.60. The van der Waals surface area contributed by atoms with Crippen LogP contribution in [0.25, 0.3) is 28.2 Å². The minimum atomic E-state index is 0.153. The molecule has 5 rings (SSSR count). The van der Waals surface area contributed by atoms with E-state index in [1.54, 1.807) is 30.5 Å². The molecule has 4 aromatic rings. The predicted molar refractivity (Wildman–Crippen MR) is 124 cm³/mol. The van der Waals surface area contributed by atoms with Gasteiger partial charge in [0.05, 0.1) is 21.1 Å². The molecule has 0 spiro atoms. The Morgan fingerprint density at radius 1 is 0.935 bits per heavy atom. The van der Waals surface area contributed by atoms with Crippen LogP contribution in [-0.2, 0) is 0 Å². The van der Waals surface area contributed by atoms with Crippen LogP contribution in [0.3, 0.4) is 0 Å². The molecule has 158 valence electrons. The summed E-state index contributed by atoms with van der Waals surface area (Å²) in [4.78, 5) is 14.0. The third kappa shape index (κ3) is 4.05. The molecule has 1 aliphatic carbocycles. The average Bonchev–Trinajstić information content (AvgIpc) is 3.15. The molecule has 0 atom stereocenters. The first-order valence-electron chi connectivity index (χ1n) is 10.4. The smallest absolute Gasteiger partial charge is 0.224 e. The number of phenolic OH excluding ortho intramolecular Hbond substituents is 1. The molecule has 8 heteroatoms. The molecule has 6 nitrogen and oxygen atoms in total. The highest BCUT2D eigenvalue weighted by molar-refractivity contribution is 6.42. The van der Waals surface area contributed by atoms with Crippen molar-refractivity contribution in [2.45, 2.75) is 38.1 Å². The summed E-state index contributed by atoms with van der Waals surface area (Å²) in [6, 6.07) is 12.7. The van der Waals surface area contributed by atoms with E-state index in [9.17, 15) is 5.11 Å². The van der Waals surface area contributed by atoms with Crippen molar-refractivity contribution in [3.05, 3.63) is 58.7 Å². The number of aromatic hydroxyl groups is 1. The maximum atomic E-state index is 9.95. The van der Waals surface area contributed by atoms with E-state index in [4.69, 9.17) is 33.2 Å². The van der Waals surface area contributed by atoms with E-state index >= 15 is 0 Å². The fourth-order valence-electron chi connectivity index (χ4n) is 4.10. The van der Waals surface area contributed by atoms with Gasteiger partial charge in [0.25, 0.3) is 0 Å². The van der Waals surface area contributed by atoms with E-state index in [1.807, 2.05) is 22.8 Å². The minimum absolute atomic E-state index is 0.153. The van der Waals surface area contributed by atoms with Crippen LogP contribution in [0.1, 0.15) is 32.1 Å². The first-order valence-corrected chi connectivity index (χ1v) is 11.1. The number of anilines is 1. The van der Waals surface area contributed by atoms with Gasteiger partial charge in [0.2, 0.25) is 5.95 Å². The molecule has 1 saturated carbocycles. The SMILES string of the molecule is Oc1ccc2c(c1)nc(-c1ccc(Cl)c(Cl)c1)n2-c1ccnc(NC2CCCCC2)n1. The largest absolute Gasteiger partial charge is 0.508 e. The second kappa shape index (κ2) is 8.36. The zero-order valence-electron chi connectivity index (χ0n) is 16.7. The molecule has 0 aliphatic heterocycles. The lowest BCUT2D eigenvalue weighted by atomic mass is 9.96. The van der Waals surface area contributed by atoms with Gasteiger partial charge in [0, 0.05) is 23.9 Å². The van der Waals surface area contributed by atoms with Crippen molar-refractivity contribution in [3.8, 4) is 23.0 Å². The van der Waals surface area contributed by atoms with Crippen molar-refractivity contribution in [2.24, 2.45) is 0 Å². The fraction of sp³-hybridized carbons (Fsp3) is 0.261. The van der Waals surface area contributed by atoms with E-state index in [2.05, 4.69) is 10.3 Å². The number of phenols is 1. The third-order valence-corrected chi connectivity index (χ3v) is 6.36. The van der Waals surface area contributed by atoms with Crippen LogP contribution in [0.5, 0.6) is 5.75 Å². The van der Waals surface area contributed by atoms with Crippen LogP contribution in [0, 0.1) is 0 Å². The number of hydrogen-bond donors (Lipinski definition) is 2. The number of fused-ring (bicyclic) bond motifs is 1. The number of hydrogen-bond acceptors (Lipinski definition) is 5. The van der Waals surface area contributed by atoms with Crippen LogP contribution in [0.2, 0.25) is 10.0 Å². The lowest BCUT2D eigenvalue weighted by Crippen LogP contribution is -2.23. The van der Waals surface area contributed by atoms with Crippen LogP contribution in [0.15, 0.2) is 48.7 Å². The summed E-state index contributed by atoms with van der Waals surface area (Å²) in [6.45, 7) is 0. The summed E-state index contributed by atoms with van der Waals surface area (Å²) in [7, 11) is 0.